The highest BCUT2D eigenvalue weighted by Crippen LogP contribution is 2.27. The Morgan fingerprint density at radius 1 is 1.25 bits per heavy atom. The summed E-state index contributed by atoms with van der Waals surface area (Å²) in [6, 6.07) is 8.98. The molecule has 3 nitrogen and oxygen atoms in total. The van der Waals surface area contributed by atoms with E-state index in [0.29, 0.717) is 0 Å². The Bertz CT molecular complexity index is 677. The minimum absolute atomic E-state index is 0.767. The molecule has 1 saturated heterocycles. The number of hydrogen-bond acceptors (Lipinski definition) is 4. The molecule has 0 aromatic heterocycles. The van der Waals surface area contributed by atoms with Gasteiger partial charge in [-0.25, -0.2) is 4.40 Å². The lowest BCUT2D eigenvalue weighted by molar-refractivity contribution is 0.234. The highest BCUT2D eigenvalue weighted by atomic mass is 32.2. The van der Waals surface area contributed by atoms with E-state index in [1.54, 1.807) is 0 Å². The minimum atomic E-state index is 0.767. The van der Waals surface area contributed by atoms with Gasteiger partial charge in [0, 0.05) is 25.6 Å². The normalized spacial score (nSPS) is 20.6. The van der Waals surface area contributed by atoms with E-state index in [2.05, 4.69) is 58.1 Å². The second kappa shape index (κ2) is 7.84. The highest BCUT2D eigenvalue weighted by Gasteiger charge is 2.25. The Balaban J connectivity index is 1.61. The molecule has 0 bridgehead atoms. The summed E-state index contributed by atoms with van der Waals surface area (Å²) in [5.74, 6) is 0.769. The second-order valence-electron chi connectivity index (χ2n) is 6.52. The predicted molar refractivity (Wildman–Crippen MR) is 106 cm³/mol. The van der Waals surface area contributed by atoms with Crippen molar-refractivity contribution in [3.05, 3.63) is 59.4 Å². The molecule has 2 aliphatic rings. The van der Waals surface area contributed by atoms with Gasteiger partial charge in [-0.15, -0.1) is 0 Å². The smallest absolute Gasteiger partial charge is 0.120 e. The topological polar surface area (TPSA) is 28.0 Å². The van der Waals surface area contributed by atoms with Crippen molar-refractivity contribution in [3.8, 4) is 0 Å². The number of likely N-dealkylation sites (tertiary alicyclic amines) is 1. The van der Waals surface area contributed by atoms with Gasteiger partial charge in [-0.2, -0.15) is 0 Å². The molecule has 1 aromatic carbocycles. The quantitative estimate of drug-likeness (QED) is 0.758. The molecule has 24 heavy (non-hydrogen) atoms. The Labute approximate surface area is 149 Å². The molecule has 126 valence electrons. The van der Waals surface area contributed by atoms with E-state index >= 15 is 0 Å². The van der Waals surface area contributed by atoms with E-state index in [4.69, 9.17) is 0 Å². The first-order valence-corrected chi connectivity index (χ1v) is 9.71. The van der Waals surface area contributed by atoms with Crippen molar-refractivity contribution in [2.24, 2.45) is 15.3 Å². The number of hydrogen-bond donors (Lipinski definition) is 0. The zero-order valence-corrected chi connectivity index (χ0v) is 15.4. The standard InChI is InChI=1S/C20H25N3S/c1-15-4-6-17(7-5-15)14-18-9-12-23(13-10-18)19-8-11-21-16(2)20(19)22-24-3/h4-8,11,18H,2,9-10,12-14H2,1,3H3/b22-20+. The van der Waals surface area contributed by atoms with Gasteiger partial charge in [0.1, 0.15) is 5.71 Å². The van der Waals surface area contributed by atoms with Crippen LogP contribution in [0, 0.1) is 12.8 Å². The van der Waals surface area contributed by atoms with E-state index in [-0.39, 0.29) is 0 Å². The first kappa shape index (κ1) is 17.0. The van der Waals surface area contributed by atoms with Crippen LogP contribution in [0.15, 0.2) is 57.7 Å². The molecule has 1 aromatic rings. The molecule has 4 heteroatoms. The summed E-state index contributed by atoms with van der Waals surface area (Å²) in [7, 11) is 0. The van der Waals surface area contributed by atoms with Crippen LogP contribution in [0.3, 0.4) is 0 Å². The summed E-state index contributed by atoms with van der Waals surface area (Å²) in [6.07, 6.45) is 9.53. The van der Waals surface area contributed by atoms with Crippen LogP contribution in [0.5, 0.6) is 0 Å². The summed E-state index contributed by atoms with van der Waals surface area (Å²) in [5.41, 5.74) is 5.67. The Kier molecular flexibility index (Phi) is 5.56. The molecular weight excluding hydrogens is 314 g/mol. The lowest BCUT2D eigenvalue weighted by atomic mass is 9.89. The largest absolute Gasteiger partial charge is 0.370 e. The minimum Gasteiger partial charge on any atom is -0.370 e. The summed E-state index contributed by atoms with van der Waals surface area (Å²) in [4.78, 5) is 6.73. The average molecular weight is 340 g/mol. The van der Waals surface area contributed by atoms with Gasteiger partial charge in [0.25, 0.3) is 0 Å². The highest BCUT2D eigenvalue weighted by molar-refractivity contribution is 7.97. The maximum atomic E-state index is 4.53. The third-order valence-electron chi connectivity index (χ3n) is 4.76. The monoisotopic (exact) mass is 339 g/mol. The van der Waals surface area contributed by atoms with E-state index in [1.807, 2.05) is 12.5 Å². The van der Waals surface area contributed by atoms with Gasteiger partial charge in [0.05, 0.1) is 11.4 Å². The molecule has 2 aliphatic heterocycles. The summed E-state index contributed by atoms with van der Waals surface area (Å²) in [6.45, 7) is 8.33. The van der Waals surface area contributed by atoms with Crippen molar-refractivity contribution < 1.29 is 0 Å². The van der Waals surface area contributed by atoms with Gasteiger partial charge in [-0.05, 0) is 55.7 Å². The van der Waals surface area contributed by atoms with Crippen molar-refractivity contribution >= 4 is 23.9 Å². The molecule has 1 fully saturated rings. The number of aryl methyl sites for hydroxylation is 1. The maximum absolute atomic E-state index is 4.53. The first-order chi connectivity index (χ1) is 11.7. The van der Waals surface area contributed by atoms with E-state index in [1.165, 1.54) is 48.0 Å². The van der Waals surface area contributed by atoms with Gasteiger partial charge in [-0.1, -0.05) is 36.4 Å². The summed E-state index contributed by atoms with van der Waals surface area (Å²) >= 11 is 1.47. The lowest BCUT2D eigenvalue weighted by Gasteiger charge is -2.36. The molecule has 0 unspecified atom stereocenters. The predicted octanol–water partition coefficient (Wildman–Crippen LogP) is 4.45. The van der Waals surface area contributed by atoms with Crippen LogP contribution >= 0.6 is 11.9 Å². The molecule has 0 saturated carbocycles. The average Bonchev–Trinajstić information content (AvgIpc) is 2.60. The molecule has 2 heterocycles. The Morgan fingerprint density at radius 2 is 1.96 bits per heavy atom. The zero-order valence-electron chi connectivity index (χ0n) is 14.5. The van der Waals surface area contributed by atoms with Crippen LogP contribution in [0.2, 0.25) is 0 Å². The fourth-order valence-corrected chi connectivity index (χ4v) is 3.75. The van der Waals surface area contributed by atoms with Crippen LogP contribution in [-0.2, 0) is 6.42 Å². The lowest BCUT2D eigenvalue weighted by Crippen LogP contribution is -2.37. The third kappa shape index (κ3) is 3.99. The van der Waals surface area contributed by atoms with Gasteiger partial charge in [0.15, 0.2) is 0 Å². The van der Waals surface area contributed by atoms with Crippen molar-refractivity contribution in [2.75, 3.05) is 19.3 Å². The van der Waals surface area contributed by atoms with Gasteiger partial charge in [0.2, 0.25) is 0 Å². The van der Waals surface area contributed by atoms with Gasteiger partial charge in [-0.3, -0.25) is 4.99 Å². The van der Waals surface area contributed by atoms with Crippen molar-refractivity contribution in [3.63, 3.8) is 0 Å². The molecule has 0 N–H and O–H groups in total. The number of nitrogens with zero attached hydrogens (tertiary/aromatic N) is 3. The van der Waals surface area contributed by atoms with Gasteiger partial charge < -0.3 is 4.90 Å². The molecule has 0 radical (unpaired) electrons. The number of rotatable bonds is 4. The van der Waals surface area contributed by atoms with Crippen LogP contribution in [0.25, 0.3) is 0 Å². The Hall–Kier alpha value is -1.81. The van der Waals surface area contributed by atoms with Crippen LogP contribution in [-0.4, -0.2) is 36.2 Å². The van der Waals surface area contributed by atoms with E-state index < -0.39 is 0 Å². The van der Waals surface area contributed by atoms with Gasteiger partial charge >= 0.3 is 0 Å². The zero-order chi connectivity index (χ0) is 16.9. The van der Waals surface area contributed by atoms with E-state index in [0.717, 1.165) is 30.4 Å². The SMILES string of the molecule is C=C1N=CC=C(N2CCC(Cc3ccc(C)cc3)CC2)/C1=N/SC. The molecule has 0 atom stereocenters. The first-order valence-electron chi connectivity index (χ1n) is 8.53. The van der Waals surface area contributed by atoms with Crippen molar-refractivity contribution in [1.82, 2.24) is 4.90 Å². The van der Waals surface area contributed by atoms with Crippen LogP contribution in [0.1, 0.15) is 24.0 Å². The number of dihydropyridines is 1. The van der Waals surface area contributed by atoms with Crippen LogP contribution in [0.4, 0.5) is 0 Å². The molecule has 0 amide bonds. The van der Waals surface area contributed by atoms with Crippen molar-refractivity contribution in [2.45, 2.75) is 26.2 Å². The third-order valence-corrected chi connectivity index (χ3v) is 5.13. The summed E-state index contributed by atoms with van der Waals surface area (Å²) in [5, 5.41) is 0. The number of aliphatic imine (C=N–C) groups is 1. The molecule has 0 aliphatic carbocycles. The number of piperidine rings is 1. The fourth-order valence-electron chi connectivity index (χ4n) is 3.37. The molecule has 3 rings (SSSR count). The number of benzene rings is 1. The fraction of sp³-hybridized carbons (Fsp3) is 0.400. The Morgan fingerprint density at radius 3 is 2.62 bits per heavy atom. The van der Waals surface area contributed by atoms with E-state index in [9.17, 15) is 0 Å². The molecule has 0 spiro atoms. The van der Waals surface area contributed by atoms with Crippen LogP contribution < -0.4 is 0 Å². The second-order valence-corrected chi connectivity index (χ2v) is 7.07. The maximum Gasteiger partial charge on any atom is 0.120 e. The number of allylic oxidation sites excluding steroid dienone is 1. The van der Waals surface area contributed by atoms with Crippen molar-refractivity contribution in [1.29, 1.82) is 0 Å². The summed E-state index contributed by atoms with van der Waals surface area (Å²) < 4.78 is 4.53. The molecular formula is C20H25N3S.